The zero-order valence-corrected chi connectivity index (χ0v) is 11.8. The number of ether oxygens (including phenoxy) is 1. The smallest absolute Gasteiger partial charge is 0.130 e. The van der Waals surface area contributed by atoms with Crippen LogP contribution in [-0.4, -0.2) is 37.2 Å². The highest BCUT2D eigenvalue weighted by atomic mass is 19.1. The van der Waals surface area contributed by atoms with Crippen molar-refractivity contribution < 1.29 is 13.5 Å². The molecule has 2 unspecified atom stereocenters. The molecule has 0 radical (unpaired) electrons. The van der Waals surface area contributed by atoms with Gasteiger partial charge in [-0.25, -0.2) is 8.78 Å². The Hall–Kier alpha value is -1.04. The lowest BCUT2D eigenvalue weighted by Gasteiger charge is -2.32. The highest BCUT2D eigenvalue weighted by Crippen LogP contribution is 2.25. The summed E-state index contributed by atoms with van der Waals surface area (Å²) >= 11 is 0. The predicted molar refractivity (Wildman–Crippen MR) is 74.4 cm³/mol. The fourth-order valence-electron chi connectivity index (χ4n) is 2.77. The van der Waals surface area contributed by atoms with Gasteiger partial charge in [0.2, 0.25) is 0 Å². The van der Waals surface area contributed by atoms with Gasteiger partial charge in [0, 0.05) is 37.4 Å². The van der Waals surface area contributed by atoms with E-state index in [0.29, 0.717) is 12.1 Å². The van der Waals surface area contributed by atoms with Crippen LogP contribution in [0, 0.1) is 11.6 Å². The zero-order chi connectivity index (χ0) is 14.5. The molecule has 0 spiro atoms. The number of likely N-dealkylation sites (N-methyl/N-ethyl adjacent to an activating group) is 1. The van der Waals surface area contributed by atoms with E-state index in [-0.39, 0.29) is 12.1 Å². The average molecular weight is 284 g/mol. The molecule has 1 aliphatic rings. The molecule has 0 aliphatic carbocycles. The van der Waals surface area contributed by atoms with Gasteiger partial charge in [0.25, 0.3) is 0 Å². The second-order valence-electron chi connectivity index (χ2n) is 5.14. The van der Waals surface area contributed by atoms with Gasteiger partial charge in [-0.2, -0.15) is 0 Å². The van der Waals surface area contributed by atoms with Crippen LogP contribution >= 0.6 is 0 Å². The zero-order valence-electron chi connectivity index (χ0n) is 11.8. The Bertz CT molecular complexity index is 436. The summed E-state index contributed by atoms with van der Waals surface area (Å²) in [6.45, 7) is 4.58. The number of halogens is 2. The van der Waals surface area contributed by atoms with Gasteiger partial charge in [-0.1, -0.05) is 13.0 Å². The average Bonchev–Trinajstić information content (AvgIpc) is 2.93. The summed E-state index contributed by atoms with van der Waals surface area (Å²) in [6.07, 6.45) is 2.28. The van der Waals surface area contributed by atoms with Crippen LogP contribution in [0.15, 0.2) is 18.2 Å². The van der Waals surface area contributed by atoms with Crippen molar-refractivity contribution in [2.24, 2.45) is 5.73 Å². The molecule has 2 N–H and O–H groups in total. The summed E-state index contributed by atoms with van der Waals surface area (Å²) in [5.74, 6) is -1.10. The molecule has 1 fully saturated rings. The van der Waals surface area contributed by atoms with Gasteiger partial charge in [-0.3, -0.25) is 4.90 Å². The molecule has 3 nitrogen and oxygen atoms in total. The van der Waals surface area contributed by atoms with Crippen molar-refractivity contribution in [1.29, 1.82) is 0 Å². The molecule has 1 heterocycles. The molecule has 1 saturated heterocycles. The number of hydrogen-bond donors (Lipinski definition) is 1. The first-order valence-corrected chi connectivity index (χ1v) is 7.16. The molecule has 1 aromatic rings. The minimum absolute atomic E-state index is 0.188. The maximum absolute atomic E-state index is 13.9. The minimum Gasteiger partial charge on any atom is -0.377 e. The normalized spacial score (nSPS) is 20.6. The van der Waals surface area contributed by atoms with E-state index in [1.54, 1.807) is 0 Å². The van der Waals surface area contributed by atoms with Crippen LogP contribution in [0.2, 0.25) is 0 Å². The van der Waals surface area contributed by atoms with E-state index in [4.69, 9.17) is 10.5 Å². The molecule has 20 heavy (non-hydrogen) atoms. The molecule has 0 saturated carbocycles. The standard InChI is InChI=1S/C15H22F2N2O/c1-2-19(10-12-4-3-7-20-12)15(9-18)13-6-5-11(16)8-14(13)17/h5-6,8,12,15H,2-4,7,9-10,18H2,1H3. The number of rotatable bonds is 6. The Morgan fingerprint density at radius 1 is 1.45 bits per heavy atom. The van der Waals surface area contributed by atoms with Crippen LogP contribution in [0.1, 0.15) is 31.4 Å². The van der Waals surface area contributed by atoms with Crippen molar-refractivity contribution >= 4 is 0 Å². The summed E-state index contributed by atoms with van der Waals surface area (Å²) in [7, 11) is 0. The van der Waals surface area contributed by atoms with Gasteiger partial charge in [0.05, 0.1) is 6.10 Å². The van der Waals surface area contributed by atoms with Gasteiger partial charge in [0.15, 0.2) is 0 Å². The third-order valence-corrected chi connectivity index (χ3v) is 3.85. The van der Waals surface area contributed by atoms with E-state index < -0.39 is 11.6 Å². The van der Waals surface area contributed by atoms with Gasteiger partial charge in [-0.15, -0.1) is 0 Å². The number of nitrogens with zero attached hydrogens (tertiary/aromatic N) is 1. The SMILES string of the molecule is CCN(CC1CCCO1)C(CN)c1ccc(F)cc1F. The van der Waals surface area contributed by atoms with E-state index >= 15 is 0 Å². The summed E-state index contributed by atoms with van der Waals surface area (Å²) in [4.78, 5) is 2.10. The lowest BCUT2D eigenvalue weighted by atomic mass is 10.0. The first kappa shape index (κ1) is 15.4. The van der Waals surface area contributed by atoms with E-state index in [0.717, 1.165) is 38.6 Å². The monoisotopic (exact) mass is 284 g/mol. The highest BCUT2D eigenvalue weighted by Gasteiger charge is 2.25. The van der Waals surface area contributed by atoms with Gasteiger partial charge in [-0.05, 0) is 25.5 Å². The van der Waals surface area contributed by atoms with E-state index in [1.807, 2.05) is 6.92 Å². The largest absolute Gasteiger partial charge is 0.377 e. The molecule has 0 aromatic heterocycles. The van der Waals surface area contributed by atoms with Crippen LogP contribution < -0.4 is 5.73 Å². The topological polar surface area (TPSA) is 38.5 Å². The fraction of sp³-hybridized carbons (Fsp3) is 0.600. The minimum atomic E-state index is -0.566. The van der Waals surface area contributed by atoms with Gasteiger partial charge >= 0.3 is 0 Å². The van der Waals surface area contributed by atoms with Crippen molar-refractivity contribution in [3.05, 3.63) is 35.4 Å². The van der Waals surface area contributed by atoms with Crippen LogP contribution in [0.3, 0.4) is 0 Å². The predicted octanol–water partition coefficient (Wildman–Crippen LogP) is 2.47. The maximum atomic E-state index is 13.9. The quantitative estimate of drug-likeness (QED) is 0.872. The Morgan fingerprint density at radius 2 is 2.25 bits per heavy atom. The summed E-state index contributed by atoms with van der Waals surface area (Å²) < 4.78 is 32.6. The molecule has 0 amide bonds. The van der Waals surface area contributed by atoms with Crippen LogP contribution in [-0.2, 0) is 4.74 Å². The van der Waals surface area contributed by atoms with Crippen molar-refractivity contribution in [2.45, 2.75) is 31.9 Å². The number of benzene rings is 1. The van der Waals surface area contributed by atoms with Crippen molar-refractivity contribution in [1.82, 2.24) is 4.90 Å². The van der Waals surface area contributed by atoms with E-state index in [2.05, 4.69) is 4.90 Å². The molecular weight excluding hydrogens is 262 g/mol. The molecule has 5 heteroatoms. The maximum Gasteiger partial charge on any atom is 0.130 e. The summed E-state index contributed by atoms with van der Waals surface area (Å²) in [5, 5.41) is 0. The van der Waals surface area contributed by atoms with Crippen LogP contribution in [0.5, 0.6) is 0 Å². The first-order valence-electron chi connectivity index (χ1n) is 7.16. The van der Waals surface area contributed by atoms with Crippen LogP contribution in [0.25, 0.3) is 0 Å². The van der Waals surface area contributed by atoms with Crippen molar-refractivity contribution in [3.63, 3.8) is 0 Å². The molecular formula is C15H22F2N2O. The third-order valence-electron chi connectivity index (χ3n) is 3.85. The third kappa shape index (κ3) is 3.53. The van der Waals surface area contributed by atoms with E-state index in [9.17, 15) is 8.78 Å². The molecule has 2 rings (SSSR count). The second-order valence-corrected chi connectivity index (χ2v) is 5.14. The fourth-order valence-corrected chi connectivity index (χ4v) is 2.77. The summed E-state index contributed by atoms with van der Waals surface area (Å²) in [6, 6.07) is 3.43. The lowest BCUT2D eigenvalue weighted by Crippen LogP contribution is -2.39. The lowest BCUT2D eigenvalue weighted by molar-refractivity contribution is 0.0595. The Morgan fingerprint density at radius 3 is 2.80 bits per heavy atom. The van der Waals surface area contributed by atoms with E-state index in [1.165, 1.54) is 12.1 Å². The van der Waals surface area contributed by atoms with Crippen LogP contribution in [0.4, 0.5) is 8.78 Å². The molecule has 2 atom stereocenters. The number of nitrogens with two attached hydrogens (primary N) is 1. The molecule has 112 valence electrons. The number of hydrogen-bond acceptors (Lipinski definition) is 3. The van der Waals surface area contributed by atoms with Crippen molar-refractivity contribution in [3.8, 4) is 0 Å². The molecule has 1 aromatic carbocycles. The Kier molecular flexibility index (Phi) is 5.46. The first-order chi connectivity index (χ1) is 9.65. The Balaban J connectivity index is 2.15. The second kappa shape index (κ2) is 7.11. The van der Waals surface area contributed by atoms with Crippen molar-refractivity contribution in [2.75, 3.05) is 26.2 Å². The summed E-state index contributed by atoms with van der Waals surface area (Å²) in [5.41, 5.74) is 6.27. The molecule has 0 bridgehead atoms. The van der Waals surface area contributed by atoms with Gasteiger partial charge in [0.1, 0.15) is 11.6 Å². The Labute approximate surface area is 118 Å². The highest BCUT2D eigenvalue weighted by molar-refractivity contribution is 5.22. The van der Waals surface area contributed by atoms with Gasteiger partial charge < -0.3 is 10.5 Å². The molecule has 1 aliphatic heterocycles.